The molecule has 4 aromatic carbocycles. The van der Waals surface area contributed by atoms with E-state index in [0.717, 1.165) is 0 Å². The van der Waals surface area contributed by atoms with E-state index in [2.05, 4.69) is 153 Å². The first-order valence-electron chi connectivity index (χ1n) is 13.4. The zero-order valence-electron chi connectivity index (χ0n) is 23.3. The van der Waals surface area contributed by atoms with Crippen LogP contribution in [0.1, 0.15) is 48.5 Å². The Balaban J connectivity index is 1.70. The monoisotopic (exact) mass is 521 g/mol. The molecular weight excluding hydrogens is 482 g/mol. The highest BCUT2D eigenvalue weighted by Gasteiger charge is 2.47. The van der Waals surface area contributed by atoms with E-state index in [1.807, 2.05) is 0 Å². The van der Waals surface area contributed by atoms with Gasteiger partial charge in [-0.25, -0.2) is 0 Å². The van der Waals surface area contributed by atoms with Gasteiger partial charge in [0.25, 0.3) is 0 Å². The van der Waals surface area contributed by atoms with Crippen molar-refractivity contribution in [3.05, 3.63) is 116 Å². The van der Waals surface area contributed by atoms with Crippen molar-refractivity contribution in [2.45, 2.75) is 64.4 Å². The molecule has 2 heteroatoms. The van der Waals surface area contributed by atoms with Crippen molar-refractivity contribution < 1.29 is 0 Å². The van der Waals surface area contributed by atoms with Gasteiger partial charge in [0.05, 0.1) is 0 Å². The molecule has 0 spiro atoms. The number of benzene rings is 4. The van der Waals surface area contributed by atoms with E-state index in [1.165, 1.54) is 37.8 Å². The van der Waals surface area contributed by atoms with Crippen LogP contribution in [0.3, 0.4) is 0 Å². The summed E-state index contributed by atoms with van der Waals surface area (Å²) in [4.78, 5) is 0. The molecule has 1 unspecified atom stereocenters. The molecule has 0 nitrogen and oxygen atoms in total. The van der Waals surface area contributed by atoms with E-state index >= 15 is 0 Å². The molecule has 0 aromatic heterocycles. The summed E-state index contributed by atoms with van der Waals surface area (Å²) in [6.07, 6.45) is 7.17. The lowest BCUT2D eigenvalue weighted by atomic mass is 10.0. The van der Waals surface area contributed by atoms with Gasteiger partial charge in [0.1, 0.15) is 0 Å². The second-order valence-electron chi connectivity index (χ2n) is 12.1. The van der Waals surface area contributed by atoms with Crippen molar-refractivity contribution in [3.63, 3.8) is 0 Å². The Morgan fingerprint density at radius 1 is 0.568 bits per heavy atom. The smallest absolute Gasteiger partial charge is 0.0202 e. The highest BCUT2D eigenvalue weighted by molar-refractivity contribution is 7.77. The third-order valence-corrected chi connectivity index (χ3v) is 13.9. The first kappa shape index (κ1) is 26.9. The third kappa shape index (κ3) is 5.27. The van der Waals surface area contributed by atoms with Crippen LogP contribution in [-0.4, -0.2) is 16.0 Å². The molecule has 4 aromatic rings. The Bertz CT molecular complexity index is 1270. The maximum atomic E-state index is 2.50. The average molecular weight is 522 g/mol. The van der Waals surface area contributed by atoms with Gasteiger partial charge in [-0.3, -0.25) is 0 Å². The van der Waals surface area contributed by atoms with Gasteiger partial charge >= 0.3 is 0 Å². The molecule has 37 heavy (non-hydrogen) atoms. The Kier molecular flexibility index (Phi) is 7.57. The zero-order chi connectivity index (χ0) is 26.4. The highest BCUT2D eigenvalue weighted by Crippen LogP contribution is 2.69. The van der Waals surface area contributed by atoms with Crippen LogP contribution in [0.15, 0.2) is 84.9 Å². The summed E-state index contributed by atoms with van der Waals surface area (Å²) in [5, 5.41) is 8.84. The molecule has 1 aliphatic carbocycles. The van der Waals surface area contributed by atoms with Crippen molar-refractivity contribution in [1.29, 1.82) is 0 Å². The zero-order valence-corrected chi connectivity index (χ0v) is 25.1. The highest BCUT2D eigenvalue weighted by atomic mass is 31.1. The van der Waals surface area contributed by atoms with Gasteiger partial charge in [0.2, 0.25) is 0 Å². The predicted molar refractivity (Wildman–Crippen MR) is 169 cm³/mol. The molecule has 0 aliphatic heterocycles. The quantitative estimate of drug-likeness (QED) is 0.229. The van der Waals surface area contributed by atoms with E-state index in [4.69, 9.17) is 0 Å². The SMILES string of the molecule is CC([C]1[CH][CH][CH][C]1P(c1cccc2ccccc12)c1cccc2ccccc12)P(C(C)(C)C)C(C)(C)C. The Labute approximate surface area is 227 Å². The number of rotatable bonds is 5. The molecule has 0 heterocycles. The predicted octanol–water partition coefficient (Wildman–Crippen LogP) is 9.63. The Morgan fingerprint density at radius 3 is 1.51 bits per heavy atom. The molecule has 5 radical (unpaired) electrons. The van der Waals surface area contributed by atoms with E-state index in [0.29, 0.717) is 5.66 Å². The van der Waals surface area contributed by atoms with Gasteiger partial charge in [-0.1, -0.05) is 141 Å². The maximum absolute atomic E-state index is 2.50. The molecule has 1 saturated carbocycles. The summed E-state index contributed by atoms with van der Waals surface area (Å²) in [5.41, 5.74) is 2.03. The van der Waals surface area contributed by atoms with Gasteiger partial charge in [-0.2, -0.15) is 0 Å². The standard InChI is InChI=1S/C35H39P2/c1-25(37(34(2,3)4)35(5,6)7)28-21-14-24-31(28)36(32-22-12-17-26-15-8-10-19-29(26)32)33-23-13-18-27-16-9-11-20-30(27)33/h8-25H,1-7H3. The van der Waals surface area contributed by atoms with Crippen molar-refractivity contribution in [3.8, 4) is 0 Å². The van der Waals surface area contributed by atoms with Gasteiger partial charge < -0.3 is 0 Å². The van der Waals surface area contributed by atoms with E-state index in [1.54, 1.807) is 5.92 Å². The van der Waals surface area contributed by atoms with Crippen molar-refractivity contribution in [2.24, 2.45) is 0 Å². The third-order valence-electron chi connectivity index (χ3n) is 7.36. The maximum Gasteiger partial charge on any atom is 0.0202 e. The summed E-state index contributed by atoms with van der Waals surface area (Å²) in [6, 6.07) is 31.6. The fourth-order valence-electron chi connectivity index (χ4n) is 6.48. The normalized spacial score (nSPS) is 16.9. The molecule has 1 atom stereocenters. The lowest BCUT2D eigenvalue weighted by molar-refractivity contribution is 0.689. The minimum absolute atomic E-state index is 0.267. The van der Waals surface area contributed by atoms with Crippen molar-refractivity contribution in [1.82, 2.24) is 0 Å². The molecular formula is C35H39P2. The van der Waals surface area contributed by atoms with Crippen LogP contribution in [-0.2, 0) is 0 Å². The summed E-state index contributed by atoms with van der Waals surface area (Å²) < 4.78 is 0. The largest absolute Gasteiger partial charge is 0.0921 e. The Hall–Kier alpha value is -1.74. The summed E-state index contributed by atoms with van der Waals surface area (Å²) >= 11 is 0. The molecule has 1 aliphatic rings. The topological polar surface area (TPSA) is 0 Å². The van der Waals surface area contributed by atoms with Crippen molar-refractivity contribution >= 4 is 48.0 Å². The van der Waals surface area contributed by atoms with Crippen LogP contribution in [0.5, 0.6) is 0 Å². The lowest BCUT2D eigenvalue weighted by Crippen LogP contribution is -2.34. The molecule has 0 bridgehead atoms. The number of hydrogen-bond acceptors (Lipinski definition) is 0. The van der Waals surface area contributed by atoms with Gasteiger partial charge in [-0.05, 0) is 81.2 Å². The lowest BCUT2D eigenvalue weighted by Gasteiger charge is -2.48. The van der Waals surface area contributed by atoms with Gasteiger partial charge in [-0.15, -0.1) is 0 Å². The number of fused-ring (bicyclic) bond motifs is 2. The van der Waals surface area contributed by atoms with Crippen LogP contribution in [0.4, 0.5) is 0 Å². The minimum atomic E-state index is -0.748. The van der Waals surface area contributed by atoms with E-state index in [-0.39, 0.29) is 18.2 Å². The van der Waals surface area contributed by atoms with Crippen LogP contribution in [0.2, 0.25) is 0 Å². The number of hydrogen-bond donors (Lipinski definition) is 0. The molecule has 5 rings (SSSR count). The fourth-order valence-corrected chi connectivity index (χ4v) is 14.3. The van der Waals surface area contributed by atoms with Crippen molar-refractivity contribution in [2.75, 3.05) is 0 Å². The molecule has 0 amide bonds. The first-order valence-corrected chi connectivity index (χ1v) is 16.1. The van der Waals surface area contributed by atoms with Crippen LogP contribution < -0.4 is 10.6 Å². The first-order chi connectivity index (χ1) is 17.6. The molecule has 0 N–H and O–H groups in total. The minimum Gasteiger partial charge on any atom is -0.0921 e. The fraction of sp³-hybridized carbons (Fsp3) is 0.286. The van der Waals surface area contributed by atoms with E-state index in [9.17, 15) is 0 Å². The second kappa shape index (κ2) is 10.4. The van der Waals surface area contributed by atoms with Gasteiger partial charge in [0.15, 0.2) is 0 Å². The molecule has 0 saturated heterocycles. The van der Waals surface area contributed by atoms with Crippen LogP contribution >= 0.6 is 15.8 Å². The summed E-state index contributed by atoms with van der Waals surface area (Å²) in [5.74, 6) is 1.54. The van der Waals surface area contributed by atoms with Crippen LogP contribution in [0, 0.1) is 30.8 Å². The molecule has 1 fully saturated rings. The summed E-state index contributed by atoms with van der Waals surface area (Å²) in [7, 11) is -1.04. The van der Waals surface area contributed by atoms with Crippen LogP contribution in [0.25, 0.3) is 21.5 Å². The summed E-state index contributed by atoms with van der Waals surface area (Å²) in [6.45, 7) is 17.2. The second-order valence-corrected chi connectivity index (χ2v) is 18.4. The average Bonchev–Trinajstić information content (AvgIpc) is 3.32. The Morgan fingerprint density at radius 2 is 1.03 bits per heavy atom. The van der Waals surface area contributed by atoms with Gasteiger partial charge in [0, 0.05) is 5.66 Å². The van der Waals surface area contributed by atoms with E-state index < -0.39 is 7.92 Å². The molecule has 189 valence electrons.